The quantitative estimate of drug-likeness (QED) is 0.730. The summed E-state index contributed by atoms with van der Waals surface area (Å²) in [7, 11) is 1.85. The molecule has 5 heteroatoms. The van der Waals surface area contributed by atoms with Crippen LogP contribution >= 0.6 is 0 Å². The summed E-state index contributed by atoms with van der Waals surface area (Å²) in [6.07, 6.45) is 0. The highest BCUT2D eigenvalue weighted by molar-refractivity contribution is 5.62. The van der Waals surface area contributed by atoms with Gasteiger partial charge in [-0.3, -0.25) is 9.48 Å². The van der Waals surface area contributed by atoms with E-state index >= 15 is 0 Å². The molecule has 1 heterocycles. The number of aromatic hydroxyl groups is 1. The number of rotatable bonds is 3. The minimum absolute atomic E-state index is 0.112. The lowest BCUT2D eigenvalue weighted by Gasteiger charge is -2.07. The van der Waals surface area contributed by atoms with Gasteiger partial charge in [0, 0.05) is 12.7 Å². The molecule has 0 bridgehead atoms. The van der Waals surface area contributed by atoms with E-state index in [2.05, 4.69) is 5.32 Å². The van der Waals surface area contributed by atoms with E-state index in [4.69, 9.17) is 0 Å². The number of benzene rings is 2. The van der Waals surface area contributed by atoms with Crippen molar-refractivity contribution in [1.82, 2.24) is 9.36 Å². The zero-order chi connectivity index (χ0) is 15.7. The van der Waals surface area contributed by atoms with Crippen LogP contribution in [0.15, 0.2) is 59.4 Å². The van der Waals surface area contributed by atoms with Crippen molar-refractivity contribution >= 4 is 11.4 Å². The SMILES string of the molecule is Cc1c(Nc2ccc(O)cc2)c(=O)n(-c2ccccc2)n1C. The van der Waals surface area contributed by atoms with Crippen molar-refractivity contribution in [3.05, 3.63) is 70.6 Å². The molecule has 0 saturated carbocycles. The molecule has 0 saturated heterocycles. The highest BCUT2D eigenvalue weighted by Crippen LogP contribution is 2.20. The van der Waals surface area contributed by atoms with Gasteiger partial charge in [-0.05, 0) is 43.3 Å². The zero-order valence-corrected chi connectivity index (χ0v) is 12.4. The van der Waals surface area contributed by atoms with Gasteiger partial charge in [-0.2, -0.15) is 0 Å². The van der Waals surface area contributed by atoms with E-state index < -0.39 is 0 Å². The summed E-state index contributed by atoms with van der Waals surface area (Å²) in [5, 5.41) is 12.5. The fourth-order valence-corrected chi connectivity index (χ4v) is 2.40. The lowest BCUT2D eigenvalue weighted by Crippen LogP contribution is -2.20. The standard InChI is InChI=1S/C17H17N3O2/c1-12-16(18-13-8-10-15(21)11-9-13)17(22)20(19(12)2)14-6-4-3-5-7-14/h3-11,18,21H,1-2H3. The molecule has 0 fully saturated rings. The first kappa shape index (κ1) is 14.0. The molecule has 0 radical (unpaired) electrons. The summed E-state index contributed by atoms with van der Waals surface area (Å²) in [5.41, 5.74) is 2.82. The molecule has 0 unspecified atom stereocenters. The zero-order valence-electron chi connectivity index (χ0n) is 12.4. The van der Waals surface area contributed by atoms with E-state index in [1.165, 1.54) is 0 Å². The van der Waals surface area contributed by atoms with Gasteiger partial charge in [0.05, 0.1) is 11.4 Å². The molecule has 5 nitrogen and oxygen atoms in total. The summed E-state index contributed by atoms with van der Waals surface area (Å²) in [6.45, 7) is 1.89. The van der Waals surface area contributed by atoms with Crippen LogP contribution in [-0.2, 0) is 7.05 Å². The van der Waals surface area contributed by atoms with Gasteiger partial charge in [-0.1, -0.05) is 18.2 Å². The third-order valence-electron chi connectivity index (χ3n) is 3.69. The number of anilines is 2. The summed E-state index contributed by atoms with van der Waals surface area (Å²) in [4.78, 5) is 12.7. The van der Waals surface area contributed by atoms with Crippen LogP contribution in [0.25, 0.3) is 5.69 Å². The van der Waals surface area contributed by atoms with Gasteiger partial charge in [0.15, 0.2) is 0 Å². The third kappa shape index (κ3) is 2.37. The fourth-order valence-electron chi connectivity index (χ4n) is 2.40. The van der Waals surface area contributed by atoms with Crippen molar-refractivity contribution in [2.24, 2.45) is 7.05 Å². The second kappa shape index (κ2) is 5.44. The van der Waals surface area contributed by atoms with Gasteiger partial charge in [-0.25, -0.2) is 4.68 Å². The van der Waals surface area contributed by atoms with E-state index in [1.54, 1.807) is 28.9 Å². The molecule has 0 amide bonds. The lowest BCUT2D eigenvalue weighted by atomic mass is 10.3. The third-order valence-corrected chi connectivity index (χ3v) is 3.69. The van der Waals surface area contributed by atoms with Crippen molar-refractivity contribution in [3.63, 3.8) is 0 Å². The Balaban J connectivity index is 2.07. The minimum Gasteiger partial charge on any atom is -0.508 e. The Morgan fingerprint density at radius 1 is 1.00 bits per heavy atom. The van der Waals surface area contributed by atoms with Crippen molar-refractivity contribution in [3.8, 4) is 11.4 Å². The van der Waals surface area contributed by atoms with E-state index in [9.17, 15) is 9.90 Å². The maximum Gasteiger partial charge on any atom is 0.295 e. The number of phenols is 1. The predicted molar refractivity (Wildman–Crippen MR) is 87.1 cm³/mol. The van der Waals surface area contributed by atoms with Crippen LogP contribution in [0.3, 0.4) is 0 Å². The smallest absolute Gasteiger partial charge is 0.295 e. The molecule has 0 aliphatic rings. The number of aromatic nitrogens is 2. The number of nitrogens with one attached hydrogen (secondary N) is 1. The second-order valence-electron chi connectivity index (χ2n) is 5.11. The Morgan fingerprint density at radius 2 is 1.64 bits per heavy atom. The average molecular weight is 295 g/mol. The maximum absolute atomic E-state index is 12.7. The molecule has 112 valence electrons. The van der Waals surface area contributed by atoms with Gasteiger partial charge < -0.3 is 10.4 Å². The van der Waals surface area contributed by atoms with Crippen molar-refractivity contribution in [2.75, 3.05) is 5.32 Å². The molecule has 1 aromatic heterocycles. The van der Waals surface area contributed by atoms with Crippen LogP contribution in [0.1, 0.15) is 5.69 Å². The number of nitrogens with zero attached hydrogens (tertiary/aromatic N) is 2. The summed E-state index contributed by atoms with van der Waals surface area (Å²) < 4.78 is 3.44. The molecular weight excluding hydrogens is 278 g/mol. The van der Waals surface area contributed by atoms with E-state index in [-0.39, 0.29) is 11.3 Å². The van der Waals surface area contributed by atoms with Crippen LogP contribution in [0.5, 0.6) is 5.75 Å². The Morgan fingerprint density at radius 3 is 2.27 bits per heavy atom. The van der Waals surface area contributed by atoms with E-state index in [1.807, 2.05) is 49.0 Å². The highest BCUT2D eigenvalue weighted by Gasteiger charge is 2.15. The molecule has 0 aliphatic carbocycles. The van der Waals surface area contributed by atoms with Crippen LogP contribution < -0.4 is 10.9 Å². The Labute approximate surface area is 128 Å². The number of phenolic OH excluding ortho intramolecular Hbond substituents is 1. The minimum atomic E-state index is -0.112. The topological polar surface area (TPSA) is 59.2 Å². The van der Waals surface area contributed by atoms with Gasteiger partial charge >= 0.3 is 0 Å². The normalized spacial score (nSPS) is 10.6. The molecule has 22 heavy (non-hydrogen) atoms. The predicted octanol–water partition coefficient (Wildman–Crippen LogP) is 2.93. The van der Waals surface area contributed by atoms with Gasteiger partial charge in [0.2, 0.25) is 0 Å². The van der Waals surface area contributed by atoms with Crippen LogP contribution in [-0.4, -0.2) is 14.5 Å². The maximum atomic E-state index is 12.7. The lowest BCUT2D eigenvalue weighted by molar-refractivity contribution is 0.475. The second-order valence-corrected chi connectivity index (χ2v) is 5.11. The van der Waals surface area contributed by atoms with E-state index in [0.29, 0.717) is 5.69 Å². The first-order chi connectivity index (χ1) is 10.6. The summed E-state index contributed by atoms with van der Waals surface area (Å²) >= 11 is 0. The molecule has 2 aromatic carbocycles. The Bertz CT molecular complexity index is 846. The van der Waals surface area contributed by atoms with Crippen molar-refractivity contribution < 1.29 is 5.11 Å². The van der Waals surface area contributed by atoms with Crippen molar-refractivity contribution in [2.45, 2.75) is 6.92 Å². The molecule has 0 atom stereocenters. The Kier molecular flexibility index (Phi) is 3.47. The van der Waals surface area contributed by atoms with Crippen LogP contribution in [0.2, 0.25) is 0 Å². The molecule has 2 N–H and O–H groups in total. The summed E-state index contributed by atoms with van der Waals surface area (Å²) in [6, 6.07) is 16.1. The van der Waals surface area contributed by atoms with Gasteiger partial charge in [0.1, 0.15) is 11.4 Å². The average Bonchev–Trinajstić information content (AvgIpc) is 2.74. The molecule has 3 rings (SSSR count). The first-order valence-corrected chi connectivity index (χ1v) is 6.98. The monoisotopic (exact) mass is 295 g/mol. The Hall–Kier alpha value is -2.95. The first-order valence-electron chi connectivity index (χ1n) is 6.98. The largest absolute Gasteiger partial charge is 0.508 e. The van der Waals surface area contributed by atoms with E-state index in [0.717, 1.165) is 17.1 Å². The van der Waals surface area contributed by atoms with Gasteiger partial charge in [0.25, 0.3) is 5.56 Å². The summed E-state index contributed by atoms with van der Waals surface area (Å²) in [5.74, 6) is 0.192. The van der Waals surface area contributed by atoms with Gasteiger partial charge in [-0.15, -0.1) is 0 Å². The molecule has 0 aliphatic heterocycles. The van der Waals surface area contributed by atoms with Crippen LogP contribution in [0, 0.1) is 6.92 Å². The van der Waals surface area contributed by atoms with Crippen molar-refractivity contribution in [1.29, 1.82) is 0 Å². The highest BCUT2D eigenvalue weighted by atomic mass is 16.3. The molecular formula is C17H17N3O2. The fraction of sp³-hybridized carbons (Fsp3) is 0.118. The number of hydrogen-bond acceptors (Lipinski definition) is 3. The molecule has 3 aromatic rings. The number of hydrogen-bond donors (Lipinski definition) is 2. The van der Waals surface area contributed by atoms with Crippen LogP contribution in [0.4, 0.5) is 11.4 Å². The number of para-hydroxylation sites is 1. The molecule has 0 spiro atoms.